The first-order valence-corrected chi connectivity index (χ1v) is 5.43. The second-order valence-electron chi connectivity index (χ2n) is 4.17. The van der Waals surface area contributed by atoms with Gasteiger partial charge in [-0.05, 0) is 31.9 Å². The van der Waals surface area contributed by atoms with Crippen molar-refractivity contribution in [2.24, 2.45) is 0 Å². The van der Waals surface area contributed by atoms with E-state index in [4.69, 9.17) is 4.74 Å². The Morgan fingerprint density at radius 1 is 1.27 bits per heavy atom. The van der Waals surface area contributed by atoms with Crippen LogP contribution in [0, 0.1) is 6.92 Å². The molecule has 1 aromatic carbocycles. The molecule has 15 heavy (non-hydrogen) atoms. The molecule has 2 heteroatoms. The van der Waals surface area contributed by atoms with E-state index in [0.717, 1.165) is 0 Å². The van der Waals surface area contributed by atoms with Crippen molar-refractivity contribution in [3.05, 3.63) is 35.4 Å². The van der Waals surface area contributed by atoms with Gasteiger partial charge >= 0.3 is 0 Å². The molecule has 0 fully saturated rings. The number of ether oxygens (including phenoxy) is 1. The number of aryl methyl sites for hydroxylation is 1. The van der Waals surface area contributed by atoms with Gasteiger partial charge in [0.15, 0.2) is 0 Å². The minimum absolute atomic E-state index is 0.177. The Hall–Kier alpha value is -0.860. The maximum absolute atomic E-state index is 9.75. The smallest absolute Gasteiger partial charge is 0.0814 e. The van der Waals surface area contributed by atoms with Gasteiger partial charge in [-0.3, -0.25) is 0 Å². The highest BCUT2D eigenvalue weighted by atomic mass is 16.5. The van der Waals surface area contributed by atoms with Crippen molar-refractivity contribution in [2.45, 2.75) is 39.4 Å². The minimum atomic E-state index is -0.409. The van der Waals surface area contributed by atoms with Gasteiger partial charge in [0.25, 0.3) is 0 Å². The SMILES string of the molecule is Cc1ccccc1CC(O)COC(C)C. The van der Waals surface area contributed by atoms with Gasteiger partial charge in [0.05, 0.1) is 18.8 Å². The Kier molecular flexibility index (Phi) is 4.79. The van der Waals surface area contributed by atoms with Crippen LogP contribution in [0.25, 0.3) is 0 Å². The maximum atomic E-state index is 9.75. The fraction of sp³-hybridized carbons (Fsp3) is 0.538. The molecule has 84 valence electrons. The molecule has 0 spiro atoms. The van der Waals surface area contributed by atoms with Crippen molar-refractivity contribution < 1.29 is 9.84 Å². The van der Waals surface area contributed by atoms with Crippen LogP contribution in [0.15, 0.2) is 24.3 Å². The molecule has 0 amide bonds. The highest BCUT2D eigenvalue weighted by molar-refractivity contribution is 5.26. The van der Waals surface area contributed by atoms with Crippen LogP contribution in [0.3, 0.4) is 0 Å². The largest absolute Gasteiger partial charge is 0.390 e. The van der Waals surface area contributed by atoms with Gasteiger partial charge in [-0.25, -0.2) is 0 Å². The summed E-state index contributed by atoms with van der Waals surface area (Å²) < 4.78 is 5.37. The van der Waals surface area contributed by atoms with E-state index in [9.17, 15) is 5.11 Å². The third kappa shape index (κ3) is 4.45. The van der Waals surface area contributed by atoms with Gasteiger partial charge in [0, 0.05) is 6.42 Å². The molecule has 1 aromatic rings. The lowest BCUT2D eigenvalue weighted by atomic mass is 10.0. The molecule has 0 aromatic heterocycles. The standard InChI is InChI=1S/C13H20O2/c1-10(2)15-9-13(14)8-12-7-5-4-6-11(12)3/h4-7,10,13-14H,8-9H2,1-3H3. The van der Waals surface area contributed by atoms with Crippen LogP contribution in [0.1, 0.15) is 25.0 Å². The van der Waals surface area contributed by atoms with Crippen LogP contribution in [0.2, 0.25) is 0 Å². The molecule has 1 atom stereocenters. The van der Waals surface area contributed by atoms with E-state index in [1.54, 1.807) is 0 Å². The fourth-order valence-electron chi connectivity index (χ4n) is 1.46. The average molecular weight is 208 g/mol. The fourth-order valence-corrected chi connectivity index (χ4v) is 1.46. The van der Waals surface area contributed by atoms with E-state index in [1.165, 1.54) is 11.1 Å². The number of rotatable bonds is 5. The molecule has 0 aliphatic heterocycles. The maximum Gasteiger partial charge on any atom is 0.0814 e. The van der Waals surface area contributed by atoms with Gasteiger partial charge in [-0.15, -0.1) is 0 Å². The molecule has 1 N–H and O–H groups in total. The average Bonchev–Trinajstić information content (AvgIpc) is 2.18. The van der Waals surface area contributed by atoms with Crippen LogP contribution in [0.5, 0.6) is 0 Å². The van der Waals surface area contributed by atoms with E-state index < -0.39 is 6.10 Å². The van der Waals surface area contributed by atoms with Crippen molar-refractivity contribution in [3.8, 4) is 0 Å². The zero-order chi connectivity index (χ0) is 11.3. The molecular formula is C13H20O2. The molecular weight excluding hydrogens is 188 g/mol. The number of hydrogen-bond donors (Lipinski definition) is 1. The van der Waals surface area contributed by atoms with Crippen molar-refractivity contribution in [3.63, 3.8) is 0 Å². The first kappa shape index (κ1) is 12.2. The summed E-state index contributed by atoms with van der Waals surface area (Å²) in [6.07, 6.45) is 0.435. The topological polar surface area (TPSA) is 29.5 Å². The lowest BCUT2D eigenvalue weighted by molar-refractivity contribution is 0.00616. The lowest BCUT2D eigenvalue weighted by Crippen LogP contribution is -2.21. The molecule has 2 nitrogen and oxygen atoms in total. The second kappa shape index (κ2) is 5.89. The normalized spacial score (nSPS) is 13.1. The Morgan fingerprint density at radius 3 is 2.53 bits per heavy atom. The highest BCUT2D eigenvalue weighted by Crippen LogP contribution is 2.10. The van der Waals surface area contributed by atoms with Gasteiger partial charge in [-0.1, -0.05) is 24.3 Å². The highest BCUT2D eigenvalue weighted by Gasteiger charge is 2.08. The third-order valence-electron chi connectivity index (χ3n) is 2.34. The summed E-state index contributed by atoms with van der Waals surface area (Å²) in [6.45, 7) is 6.42. The zero-order valence-corrected chi connectivity index (χ0v) is 9.73. The van der Waals surface area contributed by atoms with Gasteiger partial charge < -0.3 is 9.84 Å². The molecule has 0 radical (unpaired) electrons. The third-order valence-corrected chi connectivity index (χ3v) is 2.34. The first-order chi connectivity index (χ1) is 7.09. The number of aliphatic hydroxyl groups excluding tert-OH is 1. The van der Waals surface area contributed by atoms with Gasteiger partial charge in [0.1, 0.15) is 0 Å². The zero-order valence-electron chi connectivity index (χ0n) is 9.73. The number of aliphatic hydroxyl groups is 1. The molecule has 0 saturated heterocycles. The summed E-state index contributed by atoms with van der Waals surface area (Å²) in [6, 6.07) is 8.12. The molecule has 0 bridgehead atoms. The van der Waals surface area contributed by atoms with E-state index in [2.05, 4.69) is 13.0 Å². The van der Waals surface area contributed by atoms with E-state index in [0.29, 0.717) is 13.0 Å². The van der Waals surface area contributed by atoms with Crippen LogP contribution in [0.4, 0.5) is 0 Å². The number of benzene rings is 1. The summed E-state index contributed by atoms with van der Waals surface area (Å²) in [5, 5.41) is 9.75. The molecule has 0 heterocycles. The van der Waals surface area contributed by atoms with Crippen molar-refractivity contribution >= 4 is 0 Å². The molecule has 0 aliphatic rings. The summed E-state index contributed by atoms with van der Waals surface area (Å²) in [4.78, 5) is 0. The molecule has 1 unspecified atom stereocenters. The quantitative estimate of drug-likeness (QED) is 0.804. The van der Waals surface area contributed by atoms with Crippen molar-refractivity contribution in [1.82, 2.24) is 0 Å². The Bertz CT molecular complexity index is 294. The summed E-state index contributed by atoms with van der Waals surface area (Å²) in [5.41, 5.74) is 2.42. The minimum Gasteiger partial charge on any atom is -0.390 e. The van der Waals surface area contributed by atoms with Gasteiger partial charge in [-0.2, -0.15) is 0 Å². The second-order valence-corrected chi connectivity index (χ2v) is 4.17. The molecule has 1 rings (SSSR count). The van der Waals surface area contributed by atoms with Crippen molar-refractivity contribution in [2.75, 3.05) is 6.61 Å². The predicted octanol–water partition coefficient (Wildman–Crippen LogP) is 2.32. The monoisotopic (exact) mass is 208 g/mol. The summed E-state index contributed by atoms with van der Waals surface area (Å²) in [7, 11) is 0. The number of hydrogen-bond acceptors (Lipinski definition) is 2. The molecule has 0 saturated carbocycles. The van der Waals surface area contributed by atoms with E-state index >= 15 is 0 Å². The van der Waals surface area contributed by atoms with Crippen LogP contribution in [-0.4, -0.2) is 23.9 Å². The van der Waals surface area contributed by atoms with Crippen LogP contribution >= 0.6 is 0 Å². The predicted molar refractivity (Wildman–Crippen MR) is 62.0 cm³/mol. The summed E-state index contributed by atoms with van der Waals surface area (Å²) in [5.74, 6) is 0. The lowest BCUT2D eigenvalue weighted by Gasteiger charge is -2.14. The first-order valence-electron chi connectivity index (χ1n) is 5.43. The van der Waals surface area contributed by atoms with E-state index in [1.807, 2.05) is 32.0 Å². The Labute approximate surface area is 91.9 Å². The Balaban J connectivity index is 2.44. The van der Waals surface area contributed by atoms with Crippen LogP contribution in [-0.2, 0) is 11.2 Å². The van der Waals surface area contributed by atoms with Gasteiger partial charge in [0.2, 0.25) is 0 Å². The summed E-state index contributed by atoms with van der Waals surface area (Å²) >= 11 is 0. The Morgan fingerprint density at radius 2 is 1.93 bits per heavy atom. The van der Waals surface area contributed by atoms with Crippen LogP contribution < -0.4 is 0 Å². The van der Waals surface area contributed by atoms with E-state index in [-0.39, 0.29) is 6.10 Å². The van der Waals surface area contributed by atoms with Crippen molar-refractivity contribution in [1.29, 1.82) is 0 Å². The molecule has 0 aliphatic carbocycles.